The molecule has 0 amide bonds. The van der Waals surface area contributed by atoms with E-state index >= 15 is 0 Å². The predicted octanol–water partition coefficient (Wildman–Crippen LogP) is 12.5. The van der Waals surface area contributed by atoms with Crippen LogP contribution in [0.3, 0.4) is 0 Å². The van der Waals surface area contributed by atoms with Gasteiger partial charge >= 0.3 is 0 Å². The molecule has 44 heavy (non-hydrogen) atoms. The lowest BCUT2D eigenvalue weighted by Crippen LogP contribution is -1.94. The van der Waals surface area contributed by atoms with Crippen molar-refractivity contribution in [3.8, 4) is 33.4 Å². The number of benzene rings is 9. The van der Waals surface area contributed by atoms with Crippen molar-refractivity contribution in [2.24, 2.45) is 0 Å². The Morgan fingerprint density at radius 2 is 0.591 bits per heavy atom. The van der Waals surface area contributed by atoms with E-state index < -0.39 is 256 Å². The second-order valence-corrected chi connectivity index (χ2v) is 9.50. The van der Waals surface area contributed by atoms with Gasteiger partial charge < -0.3 is 0 Å². The maximum atomic E-state index is 9.78. The number of rotatable bonds is 3. The van der Waals surface area contributed by atoms with Crippen molar-refractivity contribution in [3.63, 3.8) is 0 Å². The van der Waals surface area contributed by atoms with E-state index in [1.165, 1.54) is 0 Å². The standard InChI is InChI=1S/C44H28/c1-4-19-32-29(13-1)16-9-24-35(32)38-27-12-28-41-42(36-25-10-17-30-14-2-5-20-33(30)36)39-22-7-8-23-40(39)43(44(38)41)37-26-11-18-31-15-3-6-21-34(31)37/h1-28H/i1D,2D,3D,4D,5D,6D,7D,8D,9D,10D,11D,12D,13D,14D,15D,16D,17D,18D,19D,20D,21D,22D,23D,24D,25D,26D,27D,28D. The van der Waals surface area contributed by atoms with E-state index in [0.717, 1.165) is 0 Å². The molecule has 0 aliphatic carbocycles. The molecule has 9 aromatic carbocycles. The molecule has 204 valence electrons. The molecule has 0 N–H and O–H groups in total. The van der Waals surface area contributed by atoms with Gasteiger partial charge in [0.25, 0.3) is 0 Å². The number of hydrogen-bond acceptors (Lipinski definition) is 0. The van der Waals surface area contributed by atoms with Crippen LogP contribution >= 0.6 is 0 Å². The topological polar surface area (TPSA) is 0 Å². The van der Waals surface area contributed by atoms with Gasteiger partial charge in [0, 0.05) is 0 Å². The molecule has 0 saturated carbocycles. The third kappa shape index (κ3) is 3.71. The van der Waals surface area contributed by atoms with Gasteiger partial charge in [0.2, 0.25) is 0 Å². The molecular formula is C44H28. The normalized spacial score (nSPS) is 20.5. The van der Waals surface area contributed by atoms with E-state index in [4.69, 9.17) is 24.7 Å². The summed E-state index contributed by atoms with van der Waals surface area (Å²) in [5, 5.41) is -7.68. The first kappa shape index (κ1) is 9.64. The average Bonchev–Trinajstić information content (AvgIpc) is 3.35. The summed E-state index contributed by atoms with van der Waals surface area (Å²) in [5.41, 5.74) is -5.06. The van der Waals surface area contributed by atoms with Crippen molar-refractivity contribution in [2.75, 3.05) is 0 Å². The zero-order valence-corrected chi connectivity index (χ0v) is 22.0. The SMILES string of the molecule is [2H]c1c([2H])c([2H])c2c(-c3c([2H])c([2H])c([2H])c4c(-c5c([2H])c([2H])c([2H])c6c([2H])c([2H])c([2H])c([2H])c56)c5c([2H])c([2H])c([2H])c([2H])c5c(-c5c([2H])c([2H])c([2H])c6c([2H])c([2H])c([2H])c([2H])c56)c34)c([2H])c([2H])c([2H])c2c1[2H]. The van der Waals surface area contributed by atoms with Gasteiger partial charge in [-0.25, -0.2) is 0 Å². The average molecular weight is 585 g/mol. The third-order valence-corrected chi connectivity index (χ3v) is 7.25. The quantitative estimate of drug-likeness (QED) is 0.181. The van der Waals surface area contributed by atoms with E-state index in [0.29, 0.717) is 0 Å². The molecule has 0 bridgehead atoms. The molecule has 0 aromatic heterocycles. The molecule has 0 heterocycles. The van der Waals surface area contributed by atoms with Crippen LogP contribution in [0.25, 0.3) is 87.2 Å². The zero-order chi connectivity index (χ0) is 53.4. The van der Waals surface area contributed by atoms with Crippen LogP contribution in [0.15, 0.2) is 169 Å². The Morgan fingerprint density at radius 3 is 1.16 bits per heavy atom. The maximum absolute atomic E-state index is 9.78. The van der Waals surface area contributed by atoms with E-state index in [1.807, 2.05) is 0 Å². The molecule has 9 aromatic rings. The van der Waals surface area contributed by atoms with Crippen LogP contribution in [0.2, 0.25) is 0 Å². The fourth-order valence-electron chi connectivity index (χ4n) is 5.47. The van der Waals surface area contributed by atoms with Crippen molar-refractivity contribution in [3.05, 3.63) is 169 Å². The monoisotopic (exact) mass is 584 g/mol. The first-order chi connectivity index (χ1) is 33.5. The Hall–Kier alpha value is -5.72. The van der Waals surface area contributed by atoms with Crippen LogP contribution < -0.4 is 0 Å². The van der Waals surface area contributed by atoms with Crippen LogP contribution in [0, 0.1) is 0 Å². The summed E-state index contributed by atoms with van der Waals surface area (Å²) in [7, 11) is 0. The summed E-state index contributed by atoms with van der Waals surface area (Å²) in [5.74, 6) is 0. The minimum absolute atomic E-state index is 0.696. The molecule has 0 aliphatic rings. The minimum atomic E-state index is -1.14. The third-order valence-electron chi connectivity index (χ3n) is 7.25. The molecule has 0 spiro atoms. The highest BCUT2D eigenvalue weighted by atomic mass is 14.2. The van der Waals surface area contributed by atoms with Crippen molar-refractivity contribution in [1.82, 2.24) is 0 Å². The summed E-state index contributed by atoms with van der Waals surface area (Å²) >= 11 is 0. The molecule has 0 heteroatoms. The Labute approximate surface area is 295 Å². The van der Waals surface area contributed by atoms with Gasteiger partial charge in [-0.2, -0.15) is 0 Å². The van der Waals surface area contributed by atoms with Crippen molar-refractivity contribution in [2.45, 2.75) is 0 Å². The summed E-state index contributed by atoms with van der Waals surface area (Å²) in [4.78, 5) is 0. The highest BCUT2D eigenvalue weighted by Crippen LogP contribution is 2.49. The first-order valence-corrected chi connectivity index (χ1v) is 13.0. The van der Waals surface area contributed by atoms with Gasteiger partial charge in [-0.05, 0) is 87.2 Å². The largest absolute Gasteiger partial charge is 0.0629 e. The van der Waals surface area contributed by atoms with Crippen molar-refractivity contribution in [1.29, 1.82) is 0 Å². The van der Waals surface area contributed by atoms with Crippen LogP contribution in [0.1, 0.15) is 38.4 Å². The van der Waals surface area contributed by atoms with Gasteiger partial charge in [-0.15, -0.1) is 0 Å². The maximum Gasteiger partial charge on any atom is 0.0629 e. The molecule has 0 fully saturated rings. The predicted molar refractivity (Wildman–Crippen MR) is 190 cm³/mol. The Kier molecular flexibility index (Phi) is 2.18. The fraction of sp³-hybridized carbons (Fsp3) is 0. The number of fused-ring (bicyclic) bond motifs is 5. The fourth-order valence-corrected chi connectivity index (χ4v) is 5.47. The molecule has 0 aliphatic heterocycles. The Morgan fingerprint density at radius 1 is 0.250 bits per heavy atom. The van der Waals surface area contributed by atoms with Crippen LogP contribution in [-0.4, -0.2) is 0 Å². The summed E-state index contributed by atoms with van der Waals surface area (Å²) in [6.07, 6.45) is 0. The first-order valence-electron chi connectivity index (χ1n) is 27.0. The van der Waals surface area contributed by atoms with E-state index in [-0.39, 0.29) is 0 Å². The van der Waals surface area contributed by atoms with Gasteiger partial charge in [-0.1, -0.05) is 169 Å². The Balaban J connectivity index is 1.83. The molecule has 0 radical (unpaired) electrons. The molecule has 9 rings (SSSR count). The second kappa shape index (κ2) is 9.93. The molecule has 0 unspecified atom stereocenters. The molecule has 0 nitrogen and oxygen atoms in total. The highest BCUT2D eigenvalue weighted by Gasteiger charge is 2.22. The van der Waals surface area contributed by atoms with E-state index in [1.54, 1.807) is 0 Å². The van der Waals surface area contributed by atoms with E-state index in [9.17, 15) is 13.7 Å². The van der Waals surface area contributed by atoms with Gasteiger partial charge in [0.15, 0.2) is 0 Å². The molecular weight excluding hydrogens is 528 g/mol. The number of hydrogen-bond donors (Lipinski definition) is 0. The lowest BCUT2D eigenvalue weighted by molar-refractivity contribution is 1.66. The summed E-state index contributed by atoms with van der Waals surface area (Å²) in [6, 6.07) is -28.0. The summed E-state index contributed by atoms with van der Waals surface area (Å²) < 4.78 is 254. The van der Waals surface area contributed by atoms with Gasteiger partial charge in [0.1, 0.15) is 0 Å². The lowest BCUT2D eigenvalue weighted by Gasteiger charge is -2.22. The Bertz CT molecular complexity index is 4100. The van der Waals surface area contributed by atoms with E-state index in [2.05, 4.69) is 0 Å². The zero-order valence-electron chi connectivity index (χ0n) is 50.0. The second-order valence-electron chi connectivity index (χ2n) is 9.50. The smallest absolute Gasteiger partial charge is 0.0616 e. The van der Waals surface area contributed by atoms with Crippen molar-refractivity contribution >= 4 is 53.9 Å². The van der Waals surface area contributed by atoms with Gasteiger partial charge in [0.05, 0.1) is 38.4 Å². The van der Waals surface area contributed by atoms with Crippen LogP contribution in [0.5, 0.6) is 0 Å². The molecule has 0 saturated heterocycles. The minimum Gasteiger partial charge on any atom is -0.0616 e. The van der Waals surface area contributed by atoms with Crippen LogP contribution in [0.4, 0.5) is 0 Å². The molecule has 0 atom stereocenters. The highest BCUT2D eigenvalue weighted by molar-refractivity contribution is 6.28. The lowest BCUT2D eigenvalue weighted by atomic mass is 9.81. The van der Waals surface area contributed by atoms with Gasteiger partial charge in [-0.3, -0.25) is 0 Å². The summed E-state index contributed by atoms with van der Waals surface area (Å²) in [6.45, 7) is 0. The van der Waals surface area contributed by atoms with Crippen LogP contribution in [-0.2, 0) is 0 Å². The van der Waals surface area contributed by atoms with Crippen molar-refractivity contribution < 1.29 is 38.4 Å².